The molecule has 1 amide bonds. The lowest BCUT2D eigenvalue weighted by Crippen LogP contribution is -2.44. The van der Waals surface area contributed by atoms with E-state index in [4.69, 9.17) is 11.6 Å². The van der Waals surface area contributed by atoms with Gasteiger partial charge >= 0.3 is 0 Å². The van der Waals surface area contributed by atoms with Crippen LogP contribution in [-0.4, -0.2) is 49.8 Å². The molecule has 0 aliphatic carbocycles. The first-order valence-corrected chi connectivity index (χ1v) is 10.7. The van der Waals surface area contributed by atoms with E-state index in [1.807, 2.05) is 13.8 Å². The van der Waals surface area contributed by atoms with Gasteiger partial charge in [-0.05, 0) is 37.1 Å². The second-order valence-corrected chi connectivity index (χ2v) is 8.26. The average Bonchev–Trinajstić information content (AvgIpc) is 2.78. The molecule has 1 aromatic carbocycles. The summed E-state index contributed by atoms with van der Waals surface area (Å²) in [6, 6.07) is 4.89. The third-order valence-corrected chi connectivity index (χ3v) is 5.26. The summed E-state index contributed by atoms with van der Waals surface area (Å²) in [5, 5.41) is 25.2. The zero-order valence-corrected chi connectivity index (χ0v) is 19.1. The summed E-state index contributed by atoms with van der Waals surface area (Å²) in [5.74, 6) is -0.495. The molecule has 10 heteroatoms. The lowest BCUT2D eigenvalue weighted by atomic mass is 10.1. The minimum absolute atomic E-state index is 0.0267. The summed E-state index contributed by atoms with van der Waals surface area (Å²) < 4.78 is 14.4. The van der Waals surface area contributed by atoms with E-state index in [1.54, 1.807) is 12.3 Å². The zero-order valence-electron chi connectivity index (χ0n) is 18.4. The quantitative estimate of drug-likeness (QED) is 0.394. The Kier molecular flexibility index (Phi) is 7.91. The van der Waals surface area contributed by atoms with E-state index in [-0.39, 0.29) is 22.9 Å². The highest BCUT2D eigenvalue weighted by Crippen LogP contribution is 2.30. The summed E-state index contributed by atoms with van der Waals surface area (Å²) in [4.78, 5) is 25.6. The van der Waals surface area contributed by atoms with E-state index in [0.717, 1.165) is 5.56 Å². The number of benzene rings is 1. The van der Waals surface area contributed by atoms with Gasteiger partial charge < -0.3 is 20.8 Å². The van der Waals surface area contributed by atoms with Crippen LogP contribution in [0.3, 0.4) is 0 Å². The number of hydrogen-bond acceptors (Lipinski definition) is 7. The highest BCUT2D eigenvalue weighted by molar-refractivity contribution is 6.30. The Morgan fingerprint density at radius 2 is 1.97 bits per heavy atom. The first kappa shape index (κ1) is 24.5. The zero-order chi connectivity index (χ0) is 24.1. The fraction of sp³-hybridized carbons (Fsp3) is 0.304. The van der Waals surface area contributed by atoms with Gasteiger partial charge in [0.15, 0.2) is 5.82 Å². The number of aromatic nitrogens is 3. The van der Waals surface area contributed by atoms with Crippen LogP contribution >= 0.6 is 11.6 Å². The first-order chi connectivity index (χ1) is 15.7. The molecule has 174 valence electrons. The maximum absolute atomic E-state index is 14.4. The molecule has 0 fully saturated rings. The molecule has 33 heavy (non-hydrogen) atoms. The number of aliphatic hydroxyl groups excluding tert-OH is 2. The molecule has 2 heterocycles. The number of carbonyl (C=O) groups excluding carboxylic acids is 1. The van der Waals surface area contributed by atoms with Crippen molar-refractivity contribution in [3.63, 3.8) is 0 Å². The Bertz CT molecular complexity index is 1140. The van der Waals surface area contributed by atoms with Crippen molar-refractivity contribution >= 4 is 29.0 Å². The summed E-state index contributed by atoms with van der Waals surface area (Å²) >= 11 is 6.02. The van der Waals surface area contributed by atoms with Gasteiger partial charge in [-0.15, -0.1) is 0 Å². The summed E-state index contributed by atoms with van der Waals surface area (Å²) in [5.41, 5.74) is 1.47. The number of pyridine rings is 1. The van der Waals surface area contributed by atoms with Crippen LogP contribution in [0.2, 0.25) is 5.02 Å². The van der Waals surface area contributed by atoms with Crippen molar-refractivity contribution < 1.29 is 19.4 Å². The predicted octanol–water partition coefficient (Wildman–Crippen LogP) is 3.67. The maximum Gasteiger partial charge on any atom is 0.255 e. The van der Waals surface area contributed by atoms with E-state index in [1.165, 1.54) is 37.5 Å². The molecule has 0 saturated heterocycles. The topological polar surface area (TPSA) is 120 Å². The molecule has 0 aliphatic heterocycles. The summed E-state index contributed by atoms with van der Waals surface area (Å²) in [7, 11) is 0. The molecule has 3 aromatic rings. The Labute approximate surface area is 195 Å². The number of nitrogens with one attached hydrogen (secondary N) is 2. The van der Waals surface area contributed by atoms with Crippen molar-refractivity contribution in [3.05, 3.63) is 64.8 Å². The Balaban J connectivity index is 2.01. The highest BCUT2D eigenvalue weighted by atomic mass is 35.5. The number of halogens is 2. The molecule has 0 radical (unpaired) electrons. The van der Waals surface area contributed by atoms with Gasteiger partial charge in [0.2, 0.25) is 0 Å². The lowest BCUT2D eigenvalue weighted by Gasteiger charge is -2.20. The maximum atomic E-state index is 14.4. The number of nitrogens with zero attached hydrogens (tertiary/aromatic N) is 3. The Morgan fingerprint density at radius 3 is 2.64 bits per heavy atom. The van der Waals surface area contributed by atoms with E-state index >= 15 is 0 Å². The van der Waals surface area contributed by atoms with Crippen molar-refractivity contribution in [2.24, 2.45) is 0 Å². The molecular weight excluding hydrogens is 449 g/mol. The lowest BCUT2D eigenvalue weighted by molar-refractivity contribution is 0.0758. The van der Waals surface area contributed by atoms with Gasteiger partial charge in [-0.3, -0.25) is 9.78 Å². The molecule has 0 aliphatic rings. The molecule has 0 spiro atoms. The summed E-state index contributed by atoms with van der Waals surface area (Å²) in [6.45, 7) is 4.95. The van der Waals surface area contributed by atoms with Gasteiger partial charge in [-0.25, -0.2) is 14.4 Å². The molecule has 3 rings (SSSR count). The van der Waals surface area contributed by atoms with Crippen LogP contribution in [0.15, 0.2) is 42.9 Å². The van der Waals surface area contributed by atoms with Gasteiger partial charge in [0.1, 0.15) is 11.6 Å². The third-order valence-electron chi connectivity index (χ3n) is 5.02. The van der Waals surface area contributed by atoms with Gasteiger partial charge in [-0.2, -0.15) is 0 Å². The van der Waals surface area contributed by atoms with Gasteiger partial charge in [0.05, 0.1) is 35.6 Å². The van der Waals surface area contributed by atoms with Crippen LogP contribution in [0, 0.1) is 5.82 Å². The number of carbonyl (C=O) groups is 1. The van der Waals surface area contributed by atoms with E-state index in [9.17, 15) is 19.4 Å². The highest BCUT2D eigenvalue weighted by Gasteiger charge is 2.21. The van der Waals surface area contributed by atoms with Gasteiger partial charge in [0, 0.05) is 29.2 Å². The molecule has 4 N–H and O–H groups in total. The van der Waals surface area contributed by atoms with Crippen molar-refractivity contribution in [1.82, 2.24) is 20.3 Å². The van der Waals surface area contributed by atoms with Crippen LogP contribution < -0.4 is 10.6 Å². The number of amides is 1. The monoisotopic (exact) mass is 473 g/mol. The van der Waals surface area contributed by atoms with E-state index < -0.39 is 30.5 Å². The second kappa shape index (κ2) is 10.7. The fourth-order valence-electron chi connectivity index (χ4n) is 3.09. The van der Waals surface area contributed by atoms with Crippen LogP contribution in [0.1, 0.15) is 42.6 Å². The molecule has 0 bridgehead atoms. The molecule has 2 unspecified atom stereocenters. The van der Waals surface area contributed by atoms with Crippen LogP contribution in [0.4, 0.5) is 15.9 Å². The molecule has 2 aromatic heterocycles. The minimum atomic E-state index is -0.948. The van der Waals surface area contributed by atoms with Crippen LogP contribution in [-0.2, 0) is 0 Å². The molecule has 8 nitrogen and oxygen atoms in total. The van der Waals surface area contributed by atoms with E-state index in [2.05, 4.69) is 25.6 Å². The number of anilines is 2. The Hall–Kier alpha value is -3.14. The number of aliphatic hydroxyl groups is 2. The van der Waals surface area contributed by atoms with Crippen molar-refractivity contribution in [2.75, 3.05) is 11.9 Å². The first-order valence-electron chi connectivity index (χ1n) is 10.3. The third kappa shape index (κ3) is 5.81. The van der Waals surface area contributed by atoms with E-state index in [0.29, 0.717) is 16.5 Å². The Morgan fingerprint density at radius 1 is 1.21 bits per heavy atom. The largest absolute Gasteiger partial charge is 0.394 e. The SMILES string of the molecule is CC(C)c1cnc(-c2cc(Cl)ccc2F)nc1Nc1ccncc1C(=O)NC(CO)C(C)O. The number of hydrogen-bond donors (Lipinski definition) is 4. The average molecular weight is 474 g/mol. The van der Waals surface area contributed by atoms with Gasteiger partial charge in [0.25, 0.3) is 5.91 Å². The van der Waals surface area contributed by atoms with Crippen LogP contribution in [0.25, 0.3) is 11.4 Å². The second-order valence-electron chi connectivity index (χ2n) is 7.83. The van der Waals surface area contributed by atoms with Crippen molar-refractivity contribution in [1.29, 1.82) is 0 Å². The molecular formula is C23H25ClFN5O3. The van der Waals surface area contributed by atoms with Crippen molar-refractivity contribution in [2.45, 2.75) is 38.8 Å². The van der Waals surface area contributed by atoms with Crippen molar-refractivity contribution in [3.8, 4) is 11.4 Å². The predicted molar refractivity (Wildman–Crippen MR) is 124 cm³/mol. The van der Waals surface area contributed by atoms with Gasteiger partial charge in [-0.1, -0.05) is 25.4 Å². The standard InChI is InChI=1S/C23H25ClFN5O3/c1-12(2)16-10-27-21(15-8-14(24)4-5-18(15)25)30-22(16)28-19-6-7-26-9-17(19)23(33)29-20(11-31)13(3)32/h4-10,12-13,20,31-32H,11H2,1-3H3,(H,29,33)(H,26,27,28,30). The molecule has 2 atom stereocenters. The smallest absolute Gasteiger partial charge is 0.255 e. The molecule has 0 saturated carbocycles. The van der Waals surface area contributed by atoms with Crippen LogP contribution in [0.5, 0.6) is 0 Å². The fourth-order valence-corrected chi connectivity index (χ4v) is 3.26. The number of rotatable bonds is 8. The minimum Gasteiger partial charge on any atom is -0.394 e. The summed E-state index contributed by atoms with van der Waals surface area (Å²) in [6.07, 6.45) is 3.52. The normalized spacial score (nSPS) is 13.0.